The van der Waals surface area contributed by atoms with Crippen molar-refractivity contribution < 1.29 is 28.6 Å². The largest absolute Gasteiger partial charge is 0.462 e. The summed E-state index contributed by atoms with van der Waals surface area (Å²) in [7, 11) is 0. The number of ether oxygens (including phenoxy) is 3. The molecule has 0 saturated carbocycles. The van der Waals surface area contributed by atoms with Crippen molar-refractivity contribution >= 4 is 17.9 Å². The summed E-state index contributed by atoms with van der Waals surface area (Å²) < 4.78 is 16.6. The van der Waals surface area contributed by atoms with Crippen molar-refractivity contribution in [1.82, 2.24) is 0 Å². The lowest BCUT2D eigenvalue weighted by molar-refractivity contribution is -0.166. The van der Waals surface area contributed by atoms with Crippen LogP contribution in [0.15, 0.2) is 182 Å². The lowest BCUT2D eigenvalue weighted by atomic mass is 10.1. The molecule has 0 rings (SSSR count). The number of carbonyl (C=O) groups excluding carboxylic acids is 3. The van der Waals surface area contributed by atoms with Crippen molar-refractivity contribution in [2.45, 2.75) is 213 Å². The smallest absolute Gasteiger partial charge is 0.310 e. The SMILES string of the molecule is CC/C=C\C/C=C\C/C=C\C/C=C\C/C=C\C/C=C\C/C=C\C/C=C\C/C=C\CCCC(=O)OCC(COC(=O)CCCCCCC/C=C\CCCCC)OC(=O)C/C=C\C/C=C\C/C=C\C/C=C\C/C=C\CC. The molecule has 0 aliphatic heterocycles. The molecular weight excluding hydrogens is 913 g/mol. The summed E-state index contributed by atoms with van der Waals surface area (Å²) in [5.41, 5.74) is 0. The van der Waals surface area contributed by atoms with Crippen molar-refractivity contribution in [3.8, 4) is 0 Å². The fourth-order valence-electron chi connectivity index (χ4n) is 6.92. The van der Waals surface area contributed by atoms with Gasteiger partial charge in [0.15, 0.2) is 6.10 Å². The number of rotatable bonds is 49. The molecule has 1 unspecified atom stereocenters. The quantitative estimate of drug-likeness (QED) is 0.0261. The highest BCUT2D eigenvalue weighted by Gasteiger charge is 2.19. The molecule has 410 valence electrons. The maximum atomic E-state index is 12.8. The van der Waals surface area contributed by atoms with Gasteiger partial charge in [-0.1, -0.05) is 235 Å². The Morgan fingerprint density at radius 2 is 0.581 bits per heavy atom. The Balaban J connectivity index is 4.53. The molecular formula is C68H102O6. The number of carbonyl (C=O) groups is 3. The van der Waals surface area contributed by atoms with Crippen LogP contribution in [0.25, 0.3) is 0 Å². The van der Waals surface area contributed by atoms with Crippen LogP contribution >= 0.6 is 0 Å². The van der Waals surface area contributed by atoms with Crippen molar-refractivity contribution in [3.63, 3.8) is 0 Å². The first-order valence-electron chi connectivity index (χ1n) is 28.8. The zero-order chi connectivity index (χ0) is 53.6. The average Bonchev–Trinajstić information content (AvgIpc) is 3.40. The summed E-state index contributed by atoms with van der Waals surface area (Å²) in [6, 6.07) is 0. The molecule has 0 aromatic rings. The Labute approximate surface area is 453 Å². The molecule has 0 aromatic heterocycles. The van der Waals surface area contributed by atoms with Crippen LogP contribution in [-0.4, -0.2) is 37.2 Å². The first-order chi connectivity index (χ1) is 36.5. The maximum absolute atomic E-state index is 12.8. The first kappa shape index (κ1) is 68.5. The number of hydrogen-bond donors (Lipinski definition) is 0. The van der Waals surface area contributed by atoms with Gasteiger partial charge < -0.3 is 14.2 Å². The van der Waals surface area contributed by atoms with Crippen LogP contribution < -0.4 is 0 Å². The van der Waals surface area contributed by atoms with Gasteiger partial charge in [-0.05, 0) is 135 Å². The summed E-state index contributed by atoms with van der Waals surface area (Å²) in [6.07, 6.45) is 90.6. The summed E-state index contributed by atoms with van der Waals surface area (Å²) in [6.45, 7) is 6.21. The second kappa shape index (κ2) is 60.1. The van der Waals surface area contributed by atoms with E-state index in [1.165, 1.54) is 32.1 Å². The molecule has 6 heteroatoms. The molecule has 0 amide bonds. The van der Waals surface area contributed by atoms with E-state index in [-0.39, 0.29) is 38.0 Å². The van der Waals surface area contributed by atoms with Gasteiger partial charge in [-0.15, -0.1) is 0 Å². The van der Waals surface area contributed by atoms with Crippen LogP contribution in [0.1, 0.15) is 207 Å². The highest BCUT2D eigenvalue weighted by Crippen LogP contribution is 2.11. The second-order valence-electron chi connectivity index (χ2n) is 18.1. The highest BCUT2D eigenvalue weighted by atomic mass is 16.6. The van der Waals surface area contributed by atoms with E-state index in [0.29, 0.717) is 19.3 Å². The minimum Gasteiger partial charge on any atom is -0.462 e. The molecule has 0 aliphatic carbocycles. The van der Waals surface area contributed by atoms with E-state index < -0.39 is 12.1 Å². The van der Waals surface area contributed by atoms with E-state index in [4.69, 9.17) is 14.2 Å². The van der Waals surface area contributed by atoms with Gasteiger partial charge in [0, 0.05) is 12.8 Å². The van der Waals surface area contributed by atoms with Gasteiger partial charge in [0.1, 0.15) is 13.2 Å². The average molecular weight is 1020 g/mol. The molecule has 1 atom stereocenters. The summed E-state index contributed by atoms with van der Waals surface area (Å²) >= 11 is 0. The van der Waals surface area contributed by atoms with Gasteiger partial charge in [0.05, 0.1) is 6.42 Å². The number of unbranched alkanes of at least 4 members (excludes halogenated alkanes) is 9. The van der Waals surface area contributed by atoms with E-state index in [1.807, 2.05) is 6.08 Å². The van der Waals surface area contributed by atoms with Crippen LogP contribution in [0.5, 0.6) is 0 Å². The minimum absolute atomic E-state index is 0.0733. The Morgan fingerprint density at radius 1 is 0.297 bits per heavy atom. The van der Waals surface area contributed by atoms with E-state index >= 15 is 0 Å². The van der Waals surface area contributed by atoms with E-state index in [1.54, 1.807) is 6.08 Å². The minimum atomic E-state index is -0.869. The molecule has 0 radical (unpaired) electrons. The lowest BCUT2D eigenvalue weighted by Crippen LogP contribution is -2.30. The standard InChI is InChI=1S/C68H102O6/c1-4-7-10-13-16-19-22-25-27-28-29-30-31-32-33-34-35-36-37-38-39-40-42-43-46-49-52-55-58-61-67(70)73-64-65(63-72-66(69)60-57-54-51-48-45-24-21-18-15-12-9-6-3)74-68(71)62-59-56-53-50-47-44-41-26-23-20-17-14-11-8-5-2/h7-8,10-11,16-21,25-27,29-30,32-33,35-36,38-39,41-43,47,49-50,52,56,59,65H,4-6,9,12-15,22-24,28,31,34,37,40,44-46,48,51,53-55,57-58,60-64H2,1-3H3/b10-7-,11-8-,19-16-,20-17-,21-18-,27-25-,30-29-,33-32-,36-35-,39-38-,41-26-,43-42-,50-47-,52-49-,59-56-. The van der Waals surface area contributed by atoms with Gasteiger partial charge in [-0.2, -0.15) is 0 Å². The molecule has 0 aliphatic rings. The fraction of sp³-hybridized carbons (Fsp3) is 0.515. The third-order valence-corrected chi connectivity index (χ3v) is 11.2. The van der Waals surface area contributed by atoms with Crippen molar-refractivity contribution in [1.29, 1.82) is 0 Å². The molecule has 0 aromatic carbocycles. The summed E-state index contributed by atoms with van der Waals surface area (Å²) in [5, 5.41) is 0. The van der Waals surface area contributed by atoms with Gasteiger partial charge in [0.25, 0.3) is 0 Å². The third-order valence-electron chi connectivity index (χ3n) is 11.2. The van der Waals surface area contributed by atoms with E-state index in [9.17, 15) is 14.4 Å². The van der Waals surface area contributed by atoms with Crippen LogP contribution in [0.4, 0.5) is 0 Å². The molecule has 0 N–H and O–H groups in total. The highest BCUT2D eigenvalue weighted by molar-refractivity contribution is 5.72. The molecule has 0 saturated heterocycles. The Hall–Kier alpha value is -5.49. The zero-order valence-corrected chi connectivity index (χ0v) is 46.8. The Kier molecular flexibility index (Phi) is 55.6. The predicted octanol–water partition coefficient (Wildman–Crippen LogP) is 19.7. The second-order valence-corrected chi connectivity index (χ2v) is 18.1. The van der Waals surface area contributed by atoms with Gasteiger partial charge >= 0.3 is 17.9 Å². The Bertz CT molecular complexity index is 1780. The molecule has 0 fully saturated rings. The van der Waals surface area contributed by atoms with Crippen LogP contribution in [0, 0.1) is 0 Å². The molecule has 6 nitrogen and oxygen atoms in total. The monoisotopic (exact) mass is 1010 g/mol. The fourth-order valence-corrected chi connectivity index (χ4v) is 6.92. The predicted molar refractivity (Wildman–Crippen MR) is 320 cm³/mol. The molecule has 0 heterocycles. The number of esters is 3. The van der Waals surface area contributed by atoms with Crippen LogP contribution in [0.2, 0.25) is 0 Å². The third kappa shape index (κ3) is 57.4. The molecule has 0 bridgehead atoms. The number of hydrogen-bond acceptors (Lipinski definition) is 6. The van der Waals surface area contributed by atoms with Gasteiger partial charge in [-0.25, -0.2) is 0 Å². The van der Waals surface area contributed by atoms with Gasteiger partial charge in [-0.3, -0.25) is 14.4 Å². The van der Waals surface area contributed by atoms with Crippen molar-refractivity contribution in [2.24, 2.45) is 0 Å². The number of allylic oxidation sites excluding steroid dienone is 29. The van der Waals surface area contributed by atoms with Crippen LogP contribution in [-0.2, 0) is 28.6 Å². The van der Waals surface area contributed by atoms with Crippen molar-refractivity contribution in [2.75, 3.05) is 13.2 Å². The van der Waals surface area contributed by atoms with Crippen LogP contribution in [0.3, 0.4) is 0 Å². The summed E-state index contributed by atoms with van der Waals surface area (Å²) in [5.74, 6) is -1.16. The molecule has 0 spiro atoms. The topological polar surface area (TPSA) is 78.9 Å². The zero-order valence-electron chi connectivity index (χ0n) is 46.8. The summed E-state index contributed by atoms with van der Waals surface area (Å²) in [4.78, 5) is 38.0. The Morgan fingerprint density at radius 3 is 0.959 bits per heavy atom. The molecule has 74 heavy (non-hydrogen) atoms. The normalized spacial score (nSPS) is 13.5. The van der Waals surface area contributed by atoms with Gasteiger partial charge in [0.2, 0.25) is 0 Å². The van der Waals surface area contributed by atoms with E-state index in [2.05, 4.69) is 191 Å². The first-order valence-corrected chi connectivity index (χ1v) is 28.8. The van der Waals surface area contributed by atoms with Crippen molar-refractivity contribution in [3.05, 3.63) is 182 Å². The van der Waals surface area contributed by atoms with E-state index in [0.717, 1.165) is 122 Å². The lowest BCUT2D eigenvalue weighted by Gasteiger charge is -2.18. The maximum Gasteiger partial charge on any atom is 0.310 e.